The number of methoxy groups -OCH3 is 1. The summed E-state index contributed by atoms with van der Waals surface area (Å²) in [6.45, 7) is 12.9. The lowest BCUT2D eigenvalue weighted by Crippen LogP contribution is -2.42. The maximum atomic E-state index is 5.85. The van der Waals surface area contributed by atoms with Gasteiger partial charge in [0.05, 0.1) is 13.2 Å². The number of nitrogens with zero attached hydrogens (tertiary/aromatic N) is 2. The van der Waals surface area contributed by atoms with Crippen molar-refractivity contribution in [2.45, 2.75) is 40.3 Å². The Morgan fingerprint density at radius 1 is 1.23 bits per heavy atom. The van der Waals surface area contributed by atoms with Crippen LogP contribution in [0.2, 0.25) is 0 Å². The molecule has 26 heavy (non-hydrogen) atoms. The number of rotatable bonds is 11. The largest absolute Gasteiger partial charge is 0.491 e. The highest BCUT2D eigenvalue weighted by atomic mass is 16.5. The van der Waals surface area contributed by atoms with E-state index < -0.39 is 0 Å². The van der Waals surface area contributed by atoms with Gasteiger partial charge in [-0.25, -0.2) is 4.99 Å². The number of likely N-dealkylation sites (N-methyl/N-ethyl adjacent to an activating group) is 1. The molecular formula is C20H36N4O2. The Morgan fingerprint density at radius 3 is 2.65 bits per heavy atom. The van der Waals surface area contributed by atoms with Gasteiger partial charge in [0.2, 0.25) is 0 Å². The summed E-state index contributed by atoms with van der Waals surface area (Å²) < 4.78 is 10.9. The van der Waals surface area contributed by atoms with Gasteiger partial charge in [-0.1, -0.05) is 12.1 Å². The molecule has 6 heteroatoms. The monoisotopic (exact) mass is 364 g/mol. The van der Waals surface area contributed by atoms with Crippen molar-refractivity contribution in [2.75, 3.05) is 47.0 Å². The zero-order chi connectivity index (χ0) is 19.4. The molecule has 0 atom stereocenters. The number of aliphatic imine (C=N–C) groups is 1. The molecule has 6 nitrogen and oxygen atoms in total. The van der Waals surface area contributed by atoms with Crippen LogP contribution in [-0.2, 0) is 11.3 Å². The Kier molecular flexibility index (Phi) is 10.7. The fourth-order valence-corrected chi connectivity index (χ4v) is 2.28. The molecule has 0 radical (unpaired) electrons. The van der Waals surface area contributed by atoms with Crippen molar-refractivity contribution in [2.24, 2.45) is 4.99 Å². The van der Waals surface area contributed by atoms with Gasteiger partial charge >= 0.3 is 0 Å². The minimum Gasteiger partial charge on any atom is -0.491 e. The van der Waals surface area contributed by atoms with Crippen LogP contribution in [0, 0.1) is 6.92 Å². The Labute approximate surface area is 159 Å². The zero-order valence-corrected chi connectivity index (χ0v) is 17.3. The summed E-state index contributed by atoms with van der Waals surface area (Å²) in [6.07, 6.45) is 0. The molecule has 1 rings (SSSR count). The van der Waals surface area contributed by atoms with Crippen molar-refractivity contribution >= 4 is 5.96 Å². The number of benzene rings is 1. The second-order valence-electron chi connectivity index (χ2n) is 6.65. The van der Waals surface area contributed by atoms with E-state index in [1.807, 2.05) is 0 Å². The fourth-order valence-electron chi connectivity index (χ4n) is 2.28. The maximum Gasteiger partial charge on any atom is 0.191 e. The molecule has 0 aliphatic heterocycles. The second kappa shape index (κ2) is 12.5. The third kappa shape index (κ3) is 8.54. The molecule has 0 fully saturated rings. The van der Waals surface area contributed by atoms with Crippen LogP contribution in [0.15, 0.2) is 23.2 Å². The molecule has 0 unspecified atom stereocenters. The first kappa shape index (κ1) is 22.3. The summed E-state index contributed by atoms with van der Waals surface area (Å²) in [5.41, 5.74) is 2.25. The van der Waals surface area contributed by atoms with Gasteiger partial charge < -0.3 is 25.0 Å². The van der Waals surface area contributed by atoms with Gasteiger partial charge in [-0.15, -0.1) is 0 Å². The molecule has 0 bridgehead atoms. The number of guanidine groups is 1. The molecule has 1 aromatic carbocycles. The van der Waals surface area contributed by atoms with Crippen molar-refractivity contribution in [1.29, 1.82) is 0 Å². The minimum atomic E-state index is 0.538. The van der Waals surface area contributed by atoms with Crippen LogP contribution < -0.4 is 15.4 Å². The minimum absolute atomic E-state index is 0.538. The third-order valence-electron chi connectivity index (χ3n) is 4.16. The molecule has 0 saturated carbocycles. The first-order valence-corrected chi connectivity index (χ1v) is 9.41. The average Bonchev–Trinajstić information content (AvgIpc) is 2.60. The highest BCUT2D eigenvalue weighted by Crippen LogP contribution is 2.21. The number of hydrogen-bond acceptors (Lipinski definition) is 4. The van der Waals surface area contributed by atoms with Crippen LogP contribution in [0.1, 0.15) is 31.9 Å². The third-order valence-corrected chi connectivity index (χ3v) is 4.16. The fraction of sp³-hybridized carbons (Fsp3) is 0.650. The summed E-state index contributed by atoms with van der Waals surface area (Å²) in [5.74, 6) is 1.70. The van der Waals surface area contributed by atoms with Gasteiger partial charge in [0, 0.05) is 38.3 Å². The van der Waals surface area contributed by atoms with Gasteiger partial charge in [0.25, 0.3) is 0 Å². The first-order chi connectivity index (χ1) is 12.5. The first-order valence-electron chi connectivity index (χ1n) is 9.41. The van der Waals surface area contributed by atoms with Crippen LogP contribution in [0.5, 0.6) is 5.75 Å². The van der Waals surface area contributed by atoms with Gasteiger partial charge in [-0.05, 0) is 46.4 Å². The van der Waals surface area contributed by atoms with Crippen molar-refractivity contribution in [3.8, 4) is 5.75 Å². The van der Waals surface area contributed by atoms with Gasteiger partial charge in [-0.3, -0.25) is 0 Å². The number of ether oxygens (including phenoxy) is 2. The molecule has 0 aliphatic rings. The quantitative estimate of drug-likeness (QED) is 0.359. The van der Waals surface area contributed by atoms with E-state index in [0.717, 1.165) is 36.9 Å². The molecule has 0 saturated heterocycles. The Morgan fingerprint density at radius 2 is 2.00 bits per heavy atom. The lowest BCUT2D eigenvalue weighted by Gasteiger charge is -2.21. The maximum absolute atomic E-state index is 5.85. The van der Waals surface area contributed by atoms with Gasteiger partial charge in [0.1, 0.15) is 12.4 Å². The second-order valence-corrected chi connectivity index (χ2v) is 6.65. The smallest absolute Gasteiger partial charge is 0.191 e. The van der Waals surface area contributed by atoms with Crippen molar-refractivity contribution in [3.05, 3.63) is 29.3 Å². The molecule has 0 aromatic heterocycles. The zero-order valence-electron chi connectivity index (χ0n) is 17.3. The highest BCUT2D eigenvalue weighted by Gasteiger charge is 2.06. The summed E-state index contributed by atoms with van der Waals surface area (Å²) in [6, 6.07) is 6.76. The number of nitrogens with one attached hydrogen (secondary N) is 2. The van der Waals surface area contributed by atoms with E-state index in [1.54, 1.807) is 7.11 Å². The molecule has 0 heterocycles. The predicted molar refractivity (Wildman–Crippen MR) is 109 cm³/mol. The van der Waals surface area contributed by atoms with Crippen molar-refractivity contribution in [3.63, 3.8) is 0 Å². The van der Waals surface area contributed by atoms with Crippen LogP contribution in [0.4, 0.5) is 0 Å². The van der Waals surface area contributed by atoms with Crippen molar-refractivity contribution in [1.82, 2.24) is 15.5 Å². The van der Waals surface area contributed by atoms with E-state index in [0.29, 0.717) is 25.8 Å². The SMILES string of the molecule is CCNC(=NCc1ccc(C)cc1OCCOC)NCCN(C)C(C)C. The summed E-state index contributed by atoms with van der Waals surface area (Å²) in [4.78, 5) is 7.01. The molecule has 2 N–H and O–H groups in total. The highest BCUT2D eigenvalue weighted by molar-refractivity contribution is 5.79. The molecule has 0 spiro atoms. The lowest BCUT2D eigenvalue weighted by atomic mass is 10.1. The van der Waals surface area contributed by atoms with E-state index in [1.165, 1.54) is 5.56 Å². The Bertz CT molecular complexity index is 547. The van der Waals surface area contributed by atoms with Crippen LogP contribution in [-0.4, -0.2) is 63.9 Å². The molecule has 1 aromatic rings. The lowest BCUT2D eigenvalue weighted by molar-refractivity contribution is 0.145. The molecular weight excluding hydrogens is 328 g/mol. The Hall–Kier alpha value is -1.79. The van der Waals surface area contributed by atoms with Gasteiger partial charge in [-0.2, -0.15) is 0 Å². The van der Waals surface area contributed by atoms with Crippen molar-refractivity contribution < 1.29 is 9.47 Å². The van der Waals surface area contributed by atoms with E-state index in [9.17, 15) is 0 Å². The summed E-state index contributed by atoms with van der Waals surface area (Å²) in [7, 11) is 3.81. The van der Waals surface area contributed by atoms with Crippen LogP contribution in [0.25, 0.3) is 0 Å². The molecule has 0 aliphatic carbocycles. The van der Waals surface area contributed by atoms with E-state index >= 15 is 0 Å². The Balaban J connectivity index is 2.70. The molecule has 0 amide bonds. The number of aryl methyl sites for hydroxylation is 1. The normalized spacial score (nSPS) is 11.9. The van der Waals surface area contributed by atoms with Crippen LogP contribution >= 0.6 is 0 Å². The number of hydrogen-bond donors (Lipinski definition) is 2. The van der Waals surface area contributed by atoms with E-state index in [4.69, 9.17) is 14.5 Å². The summed E-state index contributed by atoms with van der Waals surface area (Å²) in [5, 5.41) is 6.69. The molecule has 148 valence electrons. The summed E-state index contributed by atoms with van der Waals surface area (Å²) >= 11 is 0. The van der Waals surface area contributed by atoms with E-state index in [2.05, 4.69) is 68.5 Å². The average molecular weight is 365 g/mol. The van der Waals surface area contributed by atoms with Crippen LogP contribution in [0.3, 0.4) is 0 Å². The van der Waals surface area contributed by atoms with E-state index in [-0.39, 0.29) is 0 Å². The standard InChI is InChI=1S/C20H36N4O2/c1-7-21-20(22-10-11-24(5)16(2)3)23-15-18-9-8-17(4)14-19(18)26-13-12-25-6/h8-9,14,16H,7,10-13,15H2,1-6H3,(H2,21,22,23). The topological polar surface area (TPSA) is 58.1 Å². The van der Waals surface area contributed by atoms with Gasteiger partial charge in [0.15, 0.2) is 5.96 Å². The predicted octanol–water partition coefficient (Wildman–Crippen LogP) is 2.42.